The Morgan fingerprint density at radius 2 is 1.85 bits per heavy atom. The van der Waals surface area contributed by atoms with E-state index >= 15 is 0 Å². The maximum atomic E-state index is 12.0. The van der Waals surface area contributed by atoms with Crippen LogP contribution < -0.4 is 10.6 Å². The van der Waals surface area contributed by atoms with Gasteiger partial charge in [0.05, 0.1) is 0 Å². The molecule has 2 aliphatic rings. The van der Waals surface area contributed by atoms with Gasteiger partial charge in [0.1, 0.15) is 5.82 Å². The van der Waals surface area contributed by atoms with Crippen molar-refractivity contribution in [1.29, 1.82) is 0 Å². The SMILES string of the molecule is C[C@H]1C[C@H]1NC(=O)C(=O)Nc1ccc(-c2nnc3n2CCCCC3)cc1. The van der Waals surface area contributed by atoms with Crippen LogP contribution in [-0.4, -0.2) is 32.6 Å². The highest BCUT2D eigenvalue weighted by molar-refractivity contribution is 6.39. The second kappa shape index (κ2) is 6.90. The molecular weight excluding hydrogens is 330 g/mol. The Morgan fingerprint density at radius 1 is 1.08 bits per heavy atom. The van der Waals surface area contributed by atoms with Crippen molar-refractivity contribution in [1.82, 2.24) is 20.1 Å². The van der Waals surface area contributed by atoms with E-state index in [1.54, 1.807) is 12.1 Å². The number of hydrogen-bond donors (Lipinski definition) is 2. The predicted molar refractivity (Wildman–Crippen MR) is 97.4 cm³/mol. The molecule has 0 spiro atoms. The number of amides is 2. The average Bonchev–Trinajstić information content (AvgIpc) is 3.27. The molecule has 0 unspecified atom stereocenters. The van der Waals surface area contributed by atoms with Crippen molar-refractivity contribution < 1.29 is 9.59 Å². The first-order valence-corrected chi connectivity index (χ1v) is 9.26. The van der Waals surface area contributed by atoms with Crippen LogP contribution in [0, 0.1) is 5.92 Å². The van der Waals surface area contributed by atoms with Crippen LogP contribution in [0.5, 0.6) is 0 Å². The fourth-order valence-corrected chi connectivity index (χ4v) is 3.35. The van der Waals surface area contributed by atoms with Crippen molar-refractivity contribution >= 4 is 17.5 Å². The fourth-order valence-electron chi connectivity index (χ4n) is 3.35. The molecule has 1 aromatic heterocycles. The molecule has 1 saturated carbocycles. The molecule has 1 aromatic carbocycles. The molecule has 4 rings (SSSR count). The van der Waals surface area contributed by atoms with Crippen LogP contribution in [0.2, 0.25) is 0 Å². The van der Waals surface area contributed by atoms with Gasteiger partial charge in [-0.3, -0.25) is 9.59 Å². The molecule has 2 heterocycles. The van der Waals surface area contributed by atoms with Gasteiger partial charge in [0, 0.05) is 30.3 Å². The molecule has 2 atom stereocenters. The summed E-state index contributed by atoms with van der Waals surface area (Å²) in [6.45, 7) is 2.99. The topological polar surface area (TPSA) is 88.9 Å². The van der Waals surface area contributed by atoms with Crippen molar-refractivity contribution in [3.8, 4) is 11.4 Å². The van der Waals surface area contributed by atoms with E-state index in [2.05, 4.69) is 25.4 Å². The lowest BCUT2D eigenvalue weighted by Gasteiger charge is -2.09. The van der Waals surface area contributed by atoms with Gasteiger partial charge in [0.15, 0.2) is 5.82 Å². The second-order valence-corrected chi connectivity index (χ2v) is 7.23. The first kappa shape index (κ1) is 16.8. The van der Waals surface area contributed by atoms with Gasteiger partial charge < -0.3 is 15.2 Å². The van der Waals surface area contributed by atoms with Crippen molar-refractivity contribution in [2.45, 2.75) is 51.6 Å². The Hall–Kier alpha value is -2.70. The molecule has 1 aliphatic heterocycles. The minimum Gasteiger partial charge on any atom is -0.345 e. The van der Waals surface area contributed by atoms with E-state index < -0.39 is 11.8 Å². The number of aryl methyl sites for hydroxylation is 1. The van der Waals surface area contributed by atoms with Crippen LogP contribution in [0.4, 0.5) is 5.69 Å². The minimum atomic E-state index is -0.631. The van der Waals surface area contributed by atoms with Crippen LogP contribution in [0.3, 0.4) is 0 Å². The first-order valence-electron chi connectivity index (χ1n) is 9.26. The van der Waals surface area contributed by atoms with Crippen LogP contribution in [0.1, 0.15) is 38.4 Å². The van der Waals surface area contributed by atoms with E-state index in [1.807, 2.05) is 19.1 Å². The van der Waals surface area contributed by atoms with E-state index in [0.29, 0.717) is 11.6 Å². The lowest BCUT2D eigenvalue weighted by Crippen LogP contribution is -2.37. The van der Waals surface area contributed by atoms with Crippen molar-refractivity contribution in [2.75, 3.05) is 5.32 Å². The fraction of sp³-hybridized carbons (Fsp3) is 0.474. The Labute approximate surface area is 152 Å². The Bertz CT molecular complexity index is 827. The molecule has 7 nitrogen and oxygen atoms in total. The summed E-state index contributed by atoms with van der Waals surface area (Å²) in [5, 5.41) is 14.0. The Kier molecular flexibility index (Phi) is 4.44. The van der Waals surface area contributed by atoms with Gasteiger partial charge in [0.2, 0.25) is 0 Å². The zero-order valence-corrected chi connectivity index (χ0v) is 14.9. The summed E-state index contributed by atoms with van der Waals surface area (Å²) >= 11 is 0. The third kappa shape index (κ3) is 3.47. The van der Waals surface area contributed by atoms with Gasteiger partial charge in [-0.05, 0) is 49.4 Å². The number of rotatable bonds is 3. The molecule has 2 aromatic rings. The average molecular weight is 353 g/mol. The standard InChI is InChI=1S/C19H23N5O2/c1-12-11-15(12)21-19(26)18(25)20-14-8-6-13(7-9-14)17-23-22-16-5-3-2-4-10-24(16)17/h6-9,12,15H,2-5,10-11H2,1H3,(H,20,25)(H,21,26)/t12-,15+/m0/s1. The molecule has 1 fully saturated rings. The zero-order valence-electron chi connectivity index (χ0n) is 14.9. The van der Waals surface area contributed by atoms with E-state index in [-0.39, 0.29) is 6.04 Å². The van der Waals surface area contributed by atoms with Crippen LogP contribution >= 0.6 is 0 Å². The van der Waals surface area contributed by atoms with E-state index in [0.717, 1.165) is 49.4 Å². The van der Waals surface area contributed by atoms with Gasteiger partial charge >= 0.3 is 11.8 Å². The van der Waals surface area contributed by atoms with E-state index in [4.69, 9.17) is 0 Å². The molecule has 0 saturated heterocycles. The molecule has 1 aliphatic carbocycles. The van der Waals surface area contributed by atoms with Crippen molar-refractivity contribution in [2.24, 2.45) is 5.92 Å². The lowest BCUT2D eigenvalue weighted by molar-refractivity contribution is -0.136. The van der Waals surface area contributed by atoms with Gasteiger partial charge in [-0.25, -0.2) is 0 Å². The number of nitrogens with one attached hydrogen (secondary N) is 2. The summed E-state index contributed by atoms with van der Waals surface area (Å²) < 4.78 is 2.19. The first-order chi connectivity index (χ1) is 12.6. The molecule has 26 heavy (non-hydrogen) atoms. The summed E-state index contributed by atoms with van der Waals surface area (Å²) in [6.07, 6.45) is 5.42. The highest BCUT2D eigenvalue weighted by atomic mass is 16.2. The maximum Gasteiger partial charge on any atom is 0.313 e. The van der Waals surface area contributed by atoms with Crippen LogP contribution in [-0.2, 0) is 22.6 Å². The second-order valence-electron chi connectivity index (χ2n) is 7.23. The molecule has 2 amide bonds. The number of hydrogen-bond acceptors (Lipinski definition) is 4. The van der Waals surface area contributed by atoms with Crippen molar-refractivity contribution in [3.63, 3.8) is 0 Å². The summed E-state index contributed by atoms with van der Waals surface area (Å²) in [6, 6.07) is 7.52. The monoisotopic (exact) mass is 353 g/mol. The van der Waals surface area contributed by atoms with E-state index in [9.17, 15) is 9.59 Å². The van der Waals surface area contributed by atoms with Crippen molar-refractivity contribution in [3.05, 3.63) is 30.1 Å². The summed E-state index contributed by atoms with van der Waals surface area (Å²) in [4.78, 5) is 23.8. The van der Waals surface area contributed by atoms with Gasteiger partial charge in [-0.2, -0.15) is 0 Å². The summed E-state index contributed by atoms with van der Waals surface area (Å²) in [7, 11) is 0. The third-order valence-corrected chi connectivity index (χ3v) is 5.14. The molecule has 2 N–H and O–H groups in total. The number of benzene rings is 1. The number of carbonyl (C=O) groups is 2. The number of aromatic nitrogens is 3. The number of carbonyl (C=O) groups excluding carboxylic acids is 2. The number of anilines is 1. The summed E-state index contributed by atoms with van der Waals surface area (Å²) in [5.41, 5.74) is 1.55. The highest BCUT2D eigenvalue weighted by Gasteiger charge is 2.35. The quantitative estimate of drug-likeness (QED) is 0.828. The minimum absolute atomic E-state index is 0.138. The van der Waals surface area contributed by atoms with Crippen LogP contribution in [0.25, 0.3) is 11.4 Å². The molecular formula is C19H23N5O2. The molecule has 136 valence electrons. The van der Waals surface area contributed by atoms with Gasteiger partial charge in [0.25, 0.3) is 0 Å². The maximum absolute atomic E-state index is 12.0. The lowest BCUT2D eigenvalue weighted by atomic mass is 10.2. The number of nitrogens with zero attached hydrogens (tertiary/aromatic N) is 3. The number of fused-ring (bicyclic) bond motifs is 1. The molecule has 0 radical (unpaired) electrons. The largest absolute Gasteiger partial charge is 0.345 e. The summed E-state index contributed by atoms with van der Waals surface area (Å²) in [5.74, 6) is 1.16. The molecule has 7 heteroatoms. The van der Waals surface area contributed by atoms with Gasteiger partial charge in [-0.1, -0.05) is 13.3 Å². The third-order valence-electron chi connectivity index (χ3n) is 5.14. The normalized spacial score (nSPS) is 21.4. The van der Waals surface area contributed by atoms with Gasteiger partial charge in [-0.15, -0.1) is 10.2 Å². The highest BCUT2D eigenvalue weighted by Crippen LogP contribution is 2.29. The zero-order chi connectivity index (χ0) is 18.1. The van der Waals surface area contributed by atoms with Crippen LogP contribution in [0.15, 0.2) is 24.3 Å². The Balaban J connectivity index is 1.43. The Morgan fingerprint density at radius 3 is 2.58 bits per heavy atom. The van der Waals surface area contributed by atoms with E-state index in [1.165, 1.54) is 6.42 Å². The smallest absolute Gasteiger partial charge is 0.313 e. The molecule has 0 bridgehead atoms. The predicted octanol–water partition coefficient (Wildman–Crippen LogP) is 2.13.